The SMILES string of the molecule is CN(Cc1ccc(C(F)(F)F)c(F)c1)[C@@H]1CN(C(=O)c2ccncn2)C[C@@H]1c1ccc(Cl)c(Cl)c1. The van der Waals surface area contributed by atoms with Crippen LogP contribution < -0.4 is 0 Å². The summed E-state index contributed by atoms with van der Waals surface area (Å²) >= 11 is 12.3. The summed E-state index contributed by atoms with van der Waals surface area (Å²) in [6, 6.07) is 9.44. The highest BCUT2D eigenvalue weighted by molar-refractivity contribution is 6.42. The lowest BCUT2D eigenvalue weighted by molar-refractivity contribution is -0.140. The Balaban J connectivity index is 1.61. The van der Waals surface area contributed by atoms with Crippen LogP contribution in [-0.2, 0) is 12.7 Å². The van der Waals surface area contributed by atoms with Crippen LogP contribution in [0.4, 0.5) is 17.6 Å². The largest absolute Gasteiger partial charge is 0.419 e. The fourth-order valence-electron chi connectivity index (χ4n) is 4.34. The van der Waals surface area contributed by atoms with E-state index in [1.165, 1.54) is 24.7 Å². The monoisotopic (exact) mass is 526 g/mol. The van der Waals surface area contributed by atoms with E-state index >= 15 is 0 Å². The number of likely N-dealkylation sites (N-methyl/N-ethyl adjacent to an activating group) is 1. The molecular formula is C24H20Cl2F4N4O. The number of hydrogen-bond acceptors (Lipinski definition) is 4. The van der Waals surface area contributed by atoms with E-state index in [9.17, 15) is 22.4 Å². The highest BCUT2D eigenvalue weighted by Gasteiger charge is 2.39. The lowest BCUT2D eigenvalue weighted by Gasteiger charge is -2.29. The first-order valence-electron chi connectivity index (χ1n) is 10.6. The van der Waals surface area contributed by atoms with Crippen molar-refractivity contribution in [3.05, 3.63) is 93.2 Å². The topological polar surface area (TPSA) is 49.3 Å². The number of aromatic nitrogens is 2. The number of carbonyl (C=O) groups is 1. The normalized spacial score (nSPS) is 18.3. The third kappa shape index (κ3) is 5.58. The second kappa shape index (κ2) is 10.1. The molecule has 4 rings (SSSR count). The van der Waals surface area contributed by atoms with Gasteiger partial charge in [0.2, 0.25) is 0 Å². The average Bonchev–Trinajstić information content (AvgIpc) is 3.26. The van der Waals surface area contributed by atoms with Crippen LogP contribution in [-0.4, -0.2) is 51.9 Å². The molecule has 35 heavy (non-hydrogen) atoms. The van der Waals surface area contributed by atoms with Gasteiger partial charge in [-0.15, -0.1) is 0 Å². The van der Waals surface area contributed by atoms with Crippen LogP contribution in [0.5, 0.6) is 0 Å². The van der Waals surface area contributed by atoms with Gasteiger partial charge in [0.15, 0.2) is 0 Å². The number of carbonyl (C=O) groups excluding carboxylic acids is 1. The van der Waals surface area contributed by atoms with Crippen LogP contribution in [0.2, 0.25) is 10.0 Å². The second-order valence-corrected chi connectivity index (χ2v) is 9.19. The predicted octanol–water partition coefficient (Wildman–Crippen LogP) is 5.68. The summed E-state index contributed by atoms with van der Waals surface area (Å²) < 4.78 is 52.9. The lowest BCUT2D eigenvalue weighted by atomic mass is 9.93. The van der Waals surface area contributed by atoms with Gasteiger partial charge >= 0.3 is 6.18 Å². The number of rotatable bonds is 5. The molecule has 0 radical (unpaired) electrons. The van der Waals surface area contributed by atoms with E-state index in [0.29, 0.717) is 28.7 Å². The summed E-state index contributed by atoms with van der Waals surface area (Å²) in [5.74, 6) is -1.77. The summed E-state index contributed by atoms with van der Waals surface area (Å²) in [4.78, 5) is 24.5. The predicted molar refractivity (Wildman–Crippen MR) is 124 cm³/mol. The van der Waals surface area contributed by atoms with Gasteiger partial charge in [-0.2, -0.15) is 13.2 Å². The summed E-state index contributed by atoms with van der Waals surface area (Å²) in [5, 5.41) is 0.767. The molecule has 0 spiro atoms. The van der Waals surface area contributed by atoms with Gasteiger partial charge in [-0.05, 0) is 48.5 Å². The Morgan fingerprint density at radius 1 is 1.11 bits per heavy atom. The lowest BCUT2D eigenvalue weighted by Crippen LogP contribution is -2.38. The van der Waals surface area contributed by atoms with Gasteiger partial charge in [0.25, 0.3) is 5.91 Å². The standard InChI is InChI=1S/C24H20Cl2F4N4O/c1-33(10-14-2-4-17(20(27)8-14)24(28,29)30)22-12-34(23(35)21-6-7-31-13-32-21)11-16(22)15-3-5-18(25)19(26)9-15/h2-9,13,16,22H,10-12H2,1H3/t16-,22-/m1/s1. The Kier molecular flexibility index (Phi) is 7.30. The molecule has 11 heteroatoms. The van der Waals surface area contributed by atoms with Crippen molar-refractivity contribution in [2.45, 2.75) is 24.7 Å². The highest BCUT2D eigenvalue weighted by Crippen LogP contribution is 2.36. The number of likely N-dealkylation sites (tertiary alicyclic amines) is 1. The first-order chi connectivity index (χ1) is 16.5. The van der Waals surface area contributed by atoms with E-state index in [-0.39, 0.29) is 30.1 Å². The minimum atomic E-state index is -4.76. The van der Waals surface area contributed by atoms with Crippen LogP contribution in [0.3, 0.4) is 0 Å². The zero-order chi connectivity index (χ0) is 25.3. The molecule has 1 saturated heterocycles. The molecule has 0 N–H and O–H groups in total. The number of alkyl halides is 3. The van der Waals surface area contributed by atoms with Crippen molar-refractivity contribution in [3.8, 4) is 0 Å². The van der Waals surface area contributed by atoms with E-state index in [1.54, 1.807) is 24.1 Å². The molecule has 2 heterocycles. The Morgan fingerprint density at radius 3 is 2.51 bits per heavy atom. The van der Waals surface area contributed by atoms with Crippen molar-refractivity contribution in [3.63, 3.8) is 0 Å². The van der Waals surface area contributed by atoms with E-state index in [1.807, 2.05) is 11.0 Å². The minimum Gasteiger partial charge on any atom is -0.335 e. The van der Waals surface area contributed by atoms with Crippen molar-refractivity contribution >= 4 is 29.1 Å². The Hall–Kier alpha value is -2.75. The first kappa shape index (κ1) is 25.3. The number of halogens is 6. The van der Waals surface area contributed by atoms with Crippen molar-refractivity contribution in [1.29, 1.82) is 0 Å². The number of hydrogen-bond donors (Lipinski definition) is 0. The Bertz CT molecular complexity index is 1230. The molecule has 2 aromatic carbocycles. The molecule has 3 aromatic rings. The van der Waals surface area contributed by atoms with Crippen LogP contribution in [0.1, 0.15) is 33.1 Å². The summed E-state index contributed by atoms with van der Waals surface area (Å²) in [7, 11) is 1.78. The molecule has 1 amide bonds. The second-order valence-electron chi connectivity index (χ2n) is 8.38. The van der Waals surface area contributed by atoms with Gasteiger partial charge in [-0.3, -0.25) is 9.69 Å². The van der Waals surface area contributed by atoms with Crippen molar-refractivity contribution in [1.82, 2.24) is 19.8 Å². The fourth-order valence-corrected chi connectivity index (χ4v) is 4.65. The van der Waals surface area contributed by atoms with Gasteiger partial charge in [0, 0.05) is 37.8 Å². The van der Waals surface area contributed by atoms with E-state index in [4.69, 9.17) is 23.2 Å². The van der Waals surface area contributed by atoms with E-state index < -0.39 is 17.6 Å². The summed E-state index contributed by atoms with van der Waals surface area (Å²) in [6.45, 7) is 0.859. The molecule has 2 atom stereocenters. The van der Waals surface area contributed by atoms with Crippen LogP contribution in [0.15, 0.2) is 55.0 Å². The highest BCUT2D eigenvalue weighted by atomic mass is 35.5. The summed E-state index contributed by atoms with van der Waals surface area (Å²) in [6.07, 6.45) is -1.99. The molecule has 0 bridgehead atoms. The van der Waals surface area contributed by atoms with Crippen LogP contribution in [0, 0.1) is 5.82 Å². The van der Waals surface area contributed by atoms with E-state index in [0.717, 1.165) is 17.7 Å². The Labute approximate surface area is 209 Å². The molecule has 1 aliphatic rings. The molecule has 1 aliphatic heterocycles. The van der Waals surface area contributed by atoms with Crippen molar-refractivity contribution in [2.24, 2.45) is 0 Å². The molecule has 0 aliphatic carbocycles. The van der Waals surface area contributed by atoms with Crippen LogP contribution in [0.25, 0.3) is 0 Å². The maximum atomic E-state index is 14.1. The van der Waals surface area contributed by atoms with Crippen molar-refractivity contribution < 1.29 is 22.4 Å². The fraction of sp³-hybridized carbons (Fsp3) is 0.292. The van der Waals surface area contributed by atoms with Gasteiger partial charge < -0.3 is 4.90 Å². The molecule has 1 fully saturated rings. The smallest absolute Gasteiger partial charge is 0.335 e. The first-order valence-corrected chi connectivity index (χ1v) is 11.4. The van der Waals surface area contributed by atoms with E-state index in [2.05, 4.69) is 9.97 Å². The molecule has 184 valence electrons. The zero-order valence-corrected chi connectivity index (χ0v) is 19.9. The zero-order valence-electron chi connectivity index (χ0n) is 18.4. The third-order valence-corrected chi connectivity index (χ3v) is 6.83. The minimum absolute atomic E-state index is 0.174. The molecule has 1 aromatic heterocycles. The average molecular weight is 527 g/mol. The van der Waals surface area contributed by atoms with Gasteiger partial charge in [-0.25, -0.2) is 14.4 Å². The van der Waals surface area contributed by atoms with Crippen LogP contribution >= 0.6 is 23.2 Å². The van der Waals surface area contributed by atoms with Gasteiger partial charge in [-0.1, -0.05) is 35.3 Å². The maximum Gasteiger partial charge on any atom is 0.419 e. The molecule has 0 unspecified atom stereocenters. The quantitative estimate of drug-likeness (QED) is 0.401. The Morgan fingerprint density at radius 2 is 1.89 bits per heavy atom. The number of nitrogens with zero attached hydrogens (tertiary/aromatic N) is 4. The molecule has 0 saturated carbocycles. The molecular weight excluding hydrogens is 507 g/mol. The van der Waals surface area contributed by atoms with Gasteiger partial charge in [0.05, 0.1) is 15.6 Å². The maximum absolute atomic E-state index is 14.1. The molecule has 5 nitrogen and oxygen atoms in total. The van der Waals surface area contributed by atoms with Gasteiger partial charge in [0.1, 0.15) is 17.8 Å². The van der Waals surface area contributed by atoms with Crippen molar-refractivity contribution in [2.75, 3.05) is 20.1 Å². The number of benzene rings is 2. The number of amides is 1. The third-order valence-electron chi connectivity index (χ3n) is 6.09. The summed E-state index contributed by atoms with van der Waals surface area (Å²) in [5.41, 5.74) is 0.181.